The zero-order valence-corrected chi connectivity index (χ0v) is 20.8. The van der Waals surface area contributed by atoms with Gasteiger partial charge in [0.05, 0.1) is 6.10 Å². The fourth-order valence-electron chi connectivity index (χ4n) is 3.48. The summed E-state index contributed by atoms with van der Waals surface area (Å²) in [7, 11) is 1.48. The molecule has 34 heavy (non-hydrogen) atoms. The Hall–Kier alpha value is -2.69. The molecule has 0 aromatic rings. The summed E-state index contributed by atoms with van der Waals surface area (Å²) >= 11 is 0. The number of amides is 1. The Labute approximate surface area is 200 Å². The number of hydrogen-bond acceptors (Lipinski definition) is 10. The van der Waals surface area contributed by atoms with Gasteiger partial charge in [0, 0.05) is 54.1 Å². The standard InChI is InChI=1S/C23H39NO10/c1-15(25)31-14-22(30-5)13-21(34-18(4)28)9-6-8-19(32-16(2)26)12-20(33-17(3)27)10-7-11-23(24)29/h19-22H,6-14H2,1-5H3,(H2,24,29). The van der Waals surface area contributed by atoms with Gasteiger partial charge >= 0.3 is 23.9 Å². The van der Waals surface area contributed by atoms with E-state index in [2.05, 4.69) is 0 Å². The third-order valence-corrected chi connectivity index (χ3v) is 4.86. The number of carbonyl (C=O) groups is 5. The highest BCUT2D eigenvalue weighted by Crippen LogP contribution is 2.21. The Morgan fingerprint density at radius 3 is 1.41 bits per heavy atom. The van der Waals surface area contributed by atoms with Crippen LogP contribution in [0.1, 0.15) is 79.1 Å². The van der Waals surface area contributed by atoms with Crippen LogP contribution in [0.3, 0.4) is 0 Å². The van der Waals surface area contributed by atoms with Crippen LogP contribution in [-0.4, -0.2) is 67.9 Å². The first-order valence-electron chi connectivity index (χ1n) is 11.4. The molecule has 0 spiro atoms. The monoisotopic (exact) mass is 489 g/mol. The Bertz CT molecular complexity index is 666. The van der Waals surface area contributed by atoms with Gasteiger partial charge in [0.25, 0.3) is 0 Å². The topological polar surface area (TPSA) is 158 Å². The van der Waals surface area contributed by atoms with Crippen LogP contribution < -0.4 is 5.73 Å². The lowest BCUT2D eigenvalue weighted by atomic mass is 9.99. The highest BCUT2D eigenvalue weighted by atomic mass is 16.6. The van der Waals surface area contributed by atoms with E-state index in [9.17, 15) is 24.0 Å². The fourth-order valence-corrected chi connectivity index (χ4v) is 3.48. The summed E-state index contributed by atoms with van der Waals surface area (Å²) in [5, 5.41) is 0. The van der Waals surface area contributed by atoms with Crippen molar-refractivity contribution in [2.75, 3.05) is 13.7 Å². The Kier molecular flexibility index (Phi) is 16.3. The molecule has 0 fully saturated rings. The van der Waals surface area contributed by atoms with E-state index in [1.165, 1.54) is 34.8 Å². The first-order chi connectivity index (χ1) is 15.9. The zero-order chi connectivity index (χ0) is 26.1. The van der Waals surface area contributed by atoms with E-state index in [1.807, 2.05) is 0 Å². The number of hydrogen-bond donors (Lipinski definition) is 1. The van der Waals surface area contributed by atoms with Crippen molar-refractivity contribution in [1.82, 2.24) is 0 Å². The maximum absolute atomic E-state index is 11.6. The molecule has 196 valence electrons. The molecule has 0 rings (SSSR count). The average molecular weight is 490 g/mol. The van der Waals surface area contributed by atoms with Crippen LogP contribution in [-0.2, 0) is 47.7 Å². The van der Waals surface area contributed by atoms with E-state index >= 15 is 0 Å². The summed E-state index contributed by atoms with van der Waals surface area (Å²) in [5.41, 5.74) is 5.17. The lowest BCUT2D eigenvalue weighted by Crippen LogP contribution is -2.29. The van der Waals surface area contributed by atoms with Crippen molar-refractivity contribution < 1.29 is 47.7 Å². The van der Waals surface area contributed by atoms with Gasteiger partial charge in [0.1, 0.15) is 24.9 Å². The molecule has 11 nitrogen and oxygen atoms in total. The van der Waals surface area contributed by atoms with Gasteiger partial charge in [0.15, 0.2) is 0 Å². The zero-order valence-electron chi connectivity index (χ0n) is 20.8. The minimum Gasteiger partial charge on any atom is -0.463 e. The molecule has 2 N–H and O–H groups in total. The van der Waals surface area contributed by atoms with E-state index < -0.39 is 54.2 Å². The van der Waals surface area contributed by atoms with E-state index in [1.54, 1.807) is 0 Å². The van der Waals surface area contributed by atoms with Crippen molar-refractivity contribution >= 4 is 29.8 Å². The van der Waals surface area contributed by atoms with Crippen LogP contribution in [0.5, 0.6) is 0 Å². The second-order valence-electron chi connectivity index (χ2n) is 8.12. The molecule has 0 saturated heterocycles. The molecule has 0 aliphatic rings. The number of primary amides is 1. The number of ether oxygens (including phenoxy) is 5. The van der Waals surface area contributed by atoms with Crippen LogP contribution in [0.2, 0.25) is 0 Å². The number of methoxy groups -OCH3 is 1. The van der Waals surface area contributed by atoms with E-state index in [-0.39, 0.29) is 19.4 Å². The van der Waals surface area contributed by atoms with Gasteiger partial charge in [-0.05, 0) is 32.1 Å². The summed E-state index contributed by atoms with van der Waals surface area (Å²) < 4.78 is 26.4. The molecule has 0 aromatic heterocycles. The maximum atomic E-state index is 11.6. The van der Waals surface area contributed by atoms with Crippen molar-refractivity contribution in [2.24, 2.45) is 5.73 Å². The third kappa shape index (κ3) is 17.8. The number of esters is 4. The van der Waals surface area contributed by atoms with Crippen molar-refractivity contribution in [2.45, 2.75) is 103 Å². The maximum Gasteiger partial charge on any atom is 0.302 e. The van der Waals surface area contributed by atoms with Crippen molar-refractivity contribution in [3.8, 4) is 0 Å². The molecular weight excluding hydrogens is 450 g/mol. The molecule has 0 aliphatic heterocycles. The lowest BCUT2D eigenvalue weighted by molar-refractivity contribution is -0.153. The quantitative estimate of drug-likeness (QED) is 0.223. The molecular formula is C23H39NO10. The van der Waals surface area contributed by atoms with Crippen LogP contribution >= 0.6 is 0 Å². The minimum absolute atomic E-state index is 0.0367. The Morgan fingerprint density at radius 1 is 0.647 bits per heavy atom. The summed E-state index contributed by atoms with van der Waals surface area (Å²) in [5.74, 6) is -2.28. The van der Waals surface area contributed by atoms with Crippen LogP contribution in [0.15, 0.2) is 0 Å². The highest BCUT2D eigenvalue weighted by Gasteiger charge is 2.24. The molecule has 4 atom stereocenters. The molecule has 11 heteroatoms. The van der Waals surface area contributed by atoms with Crippen molar-refractivity contribution in [3.05, 3.63) is 0 Å². The third-order valence-electron chi connectivity index (χ3n) is 4.86. The highest BCUT2D eigenvalue weighted by molar-refractivity contribution is 5.73. The molecule has 0 bridgehead atoms. The predicted octanol–water partition coefficient (Wildman–Crippen LogP) is 1.97. The minimum atomic E-state index is -0.535. The average Bonchev–Trinajstić information content (AvgIpc) is 2.68. The van der Waals surface area contributed by atoms with E-state index in [4.69, 9.17) is 29.4 Å². The van der Waals surface area contributed by atoms with Crippen LogP contribution in [0, 0.1) is 0 Å². The molecule has 0 aromatic carbocycles. The summed E-state index contributed by atoms with van der Waals surface area (Å²) in [6.45, 7) is 5.21. The van der Waals surface area contributed by atoms with Crippen molar-refractivity contribution in [3.63, 3.8) is 0 Å². The number of rotatable bonds is 18. The summed E-state index contributed by atoms with van der Waals surface area (Å²) in [4.78, 5) is 56.7. The largest absolute Gasteiger partial charge is 0.463 e. The summed E-state index contributed by atoms with van der Waals surface area (Å²) in [6, 6.07) is 0. The normalized spacial score (nSPS) is 14.3. The lowest BCUT2D eigenvalue weighted by Gasteiger charge is -2.25. The second kappa shape index (κ2) is 17.7. The molecule has 0 radical (unpaired) electrons. The second-order valence-corrected chi connectivity index (χ2v) is 8.12. The van der Waals surface area contributed by atoms with E-state index in [0.717, 1.165) is 0 Å². The predicted molar refractivity (Wildman–Crippen MR) is 120 cm³/mol. The van der Waals surface area contributed by atoms with Gasteiger partial charge in [-0.1, -0.05) is 0 Å². The smallest absolute Gasteiger partial charge is 0.302 e. The molecule has 0 saturated carbocycles. The van der Waals surface area contributed by atoms with Gasteiger partial charge in [-0.2, -0.15) is 0 Å². The van der Waals surface area contributed by atoms with Gasteiger partial charge in [-0.15, -0.1) is 0 Å². The van der Waals surface area contributed by atoms with Crippen LogP contribution in [0.4, 0.5) is 0 Å². The SMILES string of the molecule is COC(COC(C)=O)CC(CCCC(CC(CCCC(N)=O)OC(C)=O)OC(C)=O)OC(C)=O. The molecule has 0 aliphatic carbocycles. The van der Waals surface area contributed by atoms with Gasteiger partial charge in [-0.3, -0.25) is 24.0 Å². The Balaban J connectivity index is 5.03. The fraction of sp³-hybridized carbons (Fsp3) is 0.783. The van der Waals surface area contributed by atoms with Gasteiger partial charge in [0.2, 0.25) is 5.91 Å². The molecule has 1 amide bonds. The van der Waals surface area contributed by atoms with Gasteiger partial charge in [-0.25, -0.2) is 0 Å². The number of nitrogens with two attached hydrogens (primary N) is 1. The first kappa shape index (κ1) is 31.3. The van der Waals surface area contributed by atoms with Gasteiger partial charge < -0.3 is 29.4 Å². The first-order valence-corrected chi connectivity index (χ1v) is 11.4. The Morgan fingerprint density at radius 2 is 1.06 bits per heavy atom. The molecule has 4 unspecified atom stereocenters. The van der Waals surface area contributed by atoms with Crippen molar-refractivity contribution in [1.29, 1.82) is 0 Å². The summed E-state index contributed by atoms with van der Waals surface area (Å²) in [6.07, 6.45) is 1.02. The van der Waals surface area contributed by atoms with E-state index in [0.29, 0.717) is 38.5 Å². The number of carbonyl (C=O) groups excluding carboxylic acids is 5. The molecule has 0 heterocycles. The van der Waals surface area contributed by atoms with Crippen LogP contribution in [0.25, 0.3) is 0 Å².